The van der Waals surface area contributed by atoms with Gasteiger partial charge in [-0.3, -0.25) is 0 Å². The van der Waals surface area contributed by atoms with Crippen LogP contribution in [0.1, 0.15) is 25.3 Å². The van der Waals surface area contributed by atoms with Gasteiger partial charge in [0, 0.05) is 6.07 Å². The minimum absolute atomic E-state index is 0.139. The molecule has 0 bridgehead atoms. The van der Waals surface area contributed by atoms with E-state index in [0.717, 1.165) is 0 Å². The van der Waals surface area contributed by atoms with Gasteiger partial charge in [0.2, 0.25) is 5.76 Å². The predicted octanol–water partition coefficient (Wildman–Crippen LogP) is 1.92. The highest BCUT2D eigenvalue weighted by Crippen LogP contribution is 2.31. The van der Waals surface area contributed by atoms with Crippen LogP contribution in [0.2, 0.25) is 0 Å². The van der Waals surface area contributed by atoms with Gasteiger partial charge in [0.25, 0.3) is 0 Å². The van der Waals surface area contributed by atoms with Crippen molar-refractivity contribution in [3.05, 3.63) is 17.5 Å². The Hall–Kier alpha value is -1.04. The highest BCUT2D eigenvalue weighted by Gasteiger charge is 2.37. The molecule has 0 fully saturated rings. The Morgan fingerprint density at radius 2 is 1.92 bits per heavy atom. The topological polar surface area (TPSA) is 46.3 Å². The molecule has 0 aromatic carbocycles. The normalized spacial score (nSPS) is 13.4. The maximum atomic E-state index is 12.0. The van der Waals surface area contributed by atoms with Gasteiger partial charge in [0.15, 0.2) is 0 Å². The first-order valence-corrected chi connectivity index (χ1v) is 3.48. The first-order valence-electron chi connectivity index (χ1n) is 3.48. The fourth-order valence-electron chi connectivity index (χ4n) is 0.697. The van der Waals surface area contributed by atoms with E-state index in [0.29, 0.717) is 6.07 Å². The largest absolute Gasteiger partial charge is 0.452 e. The third-order valence-corrected chi connectivity index (χ3v) is 1.42. The average Bonchev–Trinajstić information content (AvgIpc) is 2.28. The zero-order valence-electron chi connectivity index (χ0n) is 7.01. The molecule has 13 heavy (non-hydrogen) atoms. The molecule has 0 amide bonds. The van der Waals surface area contributed by atoms with Crippen molar-refractivity contribution >= 4 is 0 Å². The fraction of sp³-hybridized carbons (Fsp3) is 0.571. The quantitative estimate of drug-likeness (QED) is 0.744. The minimum Gasteiger partial charge on any atom is -0.384 e. The highest BCUT2D eigenvalue weighted by atomic mass is 19.4. The molecule has 0 unspecified atom stereocenters. The first-order chi connectivity index (χ1) is 5.71. The van der Waals surface area contributed by atoms with E-state index >= 15 is 0 Å². The second-order valence-corrected chi connectivity index (χ2v) is 3.13. The lowest BCUT2D eigenvalue weighted by Crippen LogP contribution is -2.15. The van der Waals surface area contributed by atoms with E-state index in [1.54, 1.807) is 0 Å². The summed E-state index contributed by atoms with van der Waals surface area (Å²) in [5.41, 5.74) is -1.56. The summed E-state index contributed by atoms with van der Waals surface area (Å²) in [5.74, 6) is -1.20. The van der Waals surface area contributed by atoms with Crippen molar-refractivity contribution in [2.75, 3.05) is 0 Å². The van der Waals surface area contributed by atoms with Gasteiger partial charge in [-0.25, -0.2) is 0 Å². The molecule has 1 aromatic heterocycles. The van der Waals surface area contributed by atoms with Crippen LogP contribution in [0.25, 0.3) is 0 Å². The summed E-state index contributed by atoms with van der Waals surface area (Å²) in [4.78, 5) is 0. The van der Waals surface area contributed by atoms with E-state index in [4.69, 9.17) is 0 Å². The Kier molecular flexibility index (Phi) is 2.11. The number of rotatable bonds is 1. The van der Waals surface area contributed by atoms with Crippen LogP contribution >= 0.6 is 0 Å². The minimum atomic E-state index is -4.56. The number of aliphatic hydroxyl groups is 1. The van der Waals surface area contributed by atoms with Crippen molar-refractivity contribution < 1.29 is 22.8 Å². The zero-order valence-corrected chi connectivity index (χ0v) is 7.01. The lowest BCUT2D eigenvalue weighted by Gasteiger charge is -2.11. The number of nitrogens with zero attached hydrogens (tertiary/aromatic N) is 1. The molecule has 6 heteroatoms. The van der Waals surface area contributed by atoms with E-state index < -0.39 is 17.5 Å². The molecule has 1 rings (SSSR count). The van der Waals surface area contributed by atoms with Crippen LogP contribution in [0.15, 0.2) is 10.6 Å². The Labute approximate surface area is 72.1 Å². The van der Waals surface area contributed by atoms with Gasteiger partial charge in [0.05, 0.1) is 0 Å². The standard InChI is InChI=1S/C7H8F3NO2/c1-6(2,12)4-3-5(13-11-4)7(8,9)10/h3,12H,1-2H3. The third kappa shape index (κ3) is 2.21. The van der Waals surface area contributed by atoms with Crippen molar-refractivity contribution in [2.24, 2.45) is 0 Å². The maximum Gasteiger partial charge on any atom is 0.452 e. The maximum absolute atomic E-state index is 12.0. The van der Waals surface area contributed by atoms with Crippen molar-refractivity contribution in [1.29, 1.82) is 0 Å². The van der Waals surface area contributed by atoms with Crippen LogP contribution in [-0.2, 0) is 11.8 Å². The highest BCUT2D eigenvalue weighted by molar-refractivity contribution is 5.13. The summed E-state index contributed by atoms with van der Waals surface area (Å²) >= 11 is 0. The monoisotopic (exact) mass is 195 g/mol. The fourth-order valence-corrected chi connectivity index (χ4v) is 0.697. The molecular formula is C7H8F3NO2. The lowest BCUT2D eigenvalue weighted by molar-refractivity contribution is -0.155. The van der Waals surface area contributed by atoms with Crippen LogP contribution in [0, 0.1) is 0 Å². The van der Waals surface area contributed by atoms with E-state index in [-0.39, 0.29) is 5.69 Å². The average molecular weight is 195 g/mol. The Balaban J connectivity index is 3.01. The van der Waals surface area contributed by atoms with E-state index in [9.17, 15) is 18.3 Å². The van der Waals surface area contributed by atoms with Gasteiger partial charge in [-0.2, -0.15) is 13.2 Å². The summed E-state index contributed by atoms with van der Waals surface area (Å²) in [6.07, 6.45) is -4.56. The number of hydrogen-bond acceptors (Lipinski definition) is 3. The van der Waals surface area contributed by atoms with Gasteiger partial charge in [-0.15, -0.1) is 0 Å². The lowest BCUT2D eigenvalue weighted by atomic mass is 10.1. The molecule has 1 N–H and O–H groups in total. The molecule has 0 aliphatic rings. The number of aromatic nitrogens is 1. The first kappa shape index (κ1) is 10.0. The summed E-state index contributed by atoms with van der Waals surface area (Å²) in [6.45, 7) is 2.65. The molecule has 0 atom stereocenters. The molecule has 0 aliphatic heterocycles. The predicted molar refractivity (Wildman–Crippen MR) is 36.7 cm³/mol. The third-order valence-electron chi connectivity index (χ3n) is 1.42. The molecule has 0 radical (unpaired) electrons. The van der Waals surface area contributed by atoms with Crippen molar-refractivity contribution in [3.63, 3.8) is 0 Å². The van der Waals surface area contributed by atoms with Crippen LogP contribution in [0.5, 0.6) is 0 Å². The van der Waals surface area contributed by atoms with Crippen LogP contribution in [0.3, 0.4) is 0 Å². The molecule has 1 heterocycles. The molecule has 74 valence electrons. The van der Waals surface area contributed by atoms with Gasteiger partial charge in [-0.1, -0.05) is 5.16 Å². The van der Waals surface area contributed by atoms with Gasteiger partial charge in [-0.05, 0) is 13.8 Å². The number of halogens is 3. The molecule has 0 saturated carbocycles. The summed E-state index contributed by atoms with van der Waals surface area (Å²) in [5, 5.41) is 12.4. The van der Waals surface area contributed by atoms with Crippen LogP contribution < -0.4 is 0 Å². The molecule has 0 aliphatic carbocycles. The second kappa shape index (κ2) is 2.73. The summed E-state index contributed by atoms with van der Waals surface area (Å²) in [7, 11) is 0. The van der Waals surface area contributed by atoms with Crippen LogP contribution in [0.4, 0.5) is 13.2 Å². The van der Waals surface area contributed by atoms with Gasteiger partial charge >= 0.3 is 6.18 Å². The van der Waals surface area contributed by atoms with Crippen molar-refractivity contribution in [1.82, 2.24) is 5.16 Å². The second-order valence-electron chi connectivity index (χ2n) is 3.13. The van der Waals surface area contributed by atoms with E-state index in [1.807, 2.05) is 0 Å². The van der Waals surface area contributed by atoms with Crippen LogP contribution in [-0.4, -0.2) is 10.3 Å². The number of alkyl halides is 3. The Bertz CT molecular complexity index is 269. The van der Waals surface area contributed by atoms with Gasteiger partial charge < -0.3 is 9.63 Å². The van der Waals surface area contributed by atoms with E-state index in [2.05, 4.69) is 9.68 Å². The summed E-state index contributed by atoms with van der Waals surface area (Å²) in [6, 6.07) is 0.681. The zero-order chi connectivity index (χ0) is 10.3. The van der Waals surface area contributed by atoms with Crippen molar-refractivity contribution in [3.8, 4) is 0 Å². The molecule has 0 saturated heterocycles. The molecule has 0 spiro atoms. The molecule has 3 nitrogen and oxygen atoms in total. The Morgan fingerprint density at radius 3 is 2.15 bits per heavy atom. The smallest absolute Gasteiger partial charge is 0.384 e. The summed E-state index contributed by atoms with van der Waals surface area (Å²) < 4.78 is 39.9. The van der Waals surface area contributed by atoms with Crippen molar-refractivity contribution in [2.45, 2.75) is 25.6 Å². The van der Waals surface area contributed by atoms with Gasteiger partial charge in [0.1, 0.15) is 11.3 Å². The molecule has 1 aromatic rings. The number of hydrogen-bond donors (Lipinski definition) is 1. The Morgan fingerprint density at radius 1 is 1.38 bits per heavy atom. The van der Waals surface area contributed by atoms with E-state index in [1.165, 1.54) is 13.8 Å². The SMILES string of the molecule is CC(C)(O)c1cc(C(F)(F)F)on1. The molecular weight excluding hydrogens is 187 g/mol.